The van der Waals surface area contributed by atoms with Crippen molar-refractivity contribution in [3.05, 3.63) is 64.4 Å². The van der Waals surface area contributed by atoms with Crippen LogP contribution in [0.3, 0.4) is 0 Å². The Hall–Kier alpha value is -1.96. The number of aryl methyl sites for hydroxylation is 1. The highest BCUT2D eigenvalue weighted by Gasteiger charge is 2.41. The second-order valence-electron chi connectivity index (χ2n) is 7.69. The van der Waals surface area contributed by atoms with Gasteiger partial charge in [-0.1, -0.05) is 35.9 Å². The molecular formula is C21H24ClFN2O3S. The van der Waals surface area contributed by atoms with Crippen molar-refractivity contribution < 1.29 is 17.6 Å². The van der Waals surface area contributed by atoms with Crippen LogP contribution >= 0.6 is 11.6 Å². The van der Waals surface area contributed by atoms with E-state index in [0.29, 0.717) is 25.9 Å². The first-order valence-electron chi connectivity index (χ1n) is 9.41. The fourth-order valence-electron chi connectivity index (χ4n) is 3.57. The van der Waals surface area contributed by atoms with Gasteiger partial charge in [-0.3, -0.25) is 4.79 Å². The molecule has 3 rings (SSSR count). The van der Waals surface area contributed by atoms with Crippen molar-refractivity contribution in [2.24, 2.45) is 5.41 Å². The van der Waals surface area contributed by atoms with Crippen LogP contribution in [-0.2, 0) is 21.4 Å². The molecule has 1 saturated heterocycles. The van der Waals surface area contributed by atoms with Gasteiger partial charge in [0.25, 0.3) is 0 Å². The van der Waals surface area contributed by atoms with Crippen LogP contribution in [0.15, 0.2) is 47.4 Å². The largest absolute Gasteiger partial charge is 0.352 e. The minimum absolute atomic E-state index is 0.0595. The van der Waals surface area contributed by atoms with Gasteiger partial charge < -0.3 is 5.32 Å². The van der Waals surface area contributed by atoms with Crippen LogP contribution in [0, 0.1) is 18.2 Å². The summed E-state index contributed by atoms with van der Waals surface area (Å²) in [4.78, 5) is 12.8. The first-order chi connectivity index (χ1) is 13.6. The molecule has 2 aromatic rings. The van der Waals surface area contributed by atoms with Crippen LogP contribution in [0.1, 0.15) is 30.9 Å². The van der Waals surface area contributed by atoms with Gasteiger partial charge in [0.15, 0.2) is 0 Å². The Bertz CT molecular complexity index is 1030. The lowest BCUT2D eigenvalue weighted by Crippen LogP contribution is -2.51. The number of piperidine rings is 1. The van der Waals surface area contributed by atoms with Gasteiger partial charge in [0, 0.05) is 19.6 Å². The van der Waals surface area contributed by atoms with Crippen LogP contribution in [0.5, 0.6) is 0 Å². The third-order valence-electron chi connectivity index (χ3n) is 5.44. The minimum atomic E-state index is -3.88. The summed E-state index contributed by atoms with van der Waals surface area (Å²) in [6.07, 6.45) is 1.14. The van der Waals surface area contributed by atoms with Crippen molar-refractivity contribution in [2.75, 3.05) is 13.1 Å². The molecule has 1 N–H and O–H groups in total. The van der Waals surface area contributed by atoms with Gasteiger partial charge in [-0.15, -0.1) is 0 Å². The highest BCUT2D eigenvalue weighted by Crippen LogP contribution is 2.33. The predicted molar refractivity (Wildman–Crippen MR) is 111 cm³/mol. The molecule has 0 bridgehead atoms. The summed E-state index contributed by atoms with van der Waals surface area (Å²) in [5.41, 5.74) is 1.25. The molecule has 1 atom stereocenters. The van der Waals surface area contributed by atoms with Crippen molar-refractivity contribution in [3.63, 3.8) is 0 Å². The number of hydrogen-bond acceptors (Lipinski definition) is 3. The Balaban J connectivity index is 1.75. The second kappa shape index (κ2) is 8.42. The number of amides is 1. The van der Waals surface area contributed by atoms with Gasteiger partial charge >= 0.3 is 0 Å². The van der Waals surface area contributed by atoms with E-state index in [4.69, 9.17) is 11.6 Å². The molecule has 2 aromatic carbocycles. The lowest BCUT2D eigenvalue weighted by molar-refractivity contribution is -0.132. The molecule has 1 aliphatic rings. The number of rotatable bonds is 5. The first-order valence-corrected chi connectivity index (χ1v) is 11.2. The summed E-state index contributed by atoms with van der Waals surface area (Å²) >= 11 is 5.76. The van der Waals surface area contributed by atoms with Crippen LogP contribution in [0.2, 0.25) is 5.02 Å². The molecule has 1 fully saturated rings. The SMILES string of the molecule is Cc1ccccc1CNC(=O)[C@@]1(C)CCCN(S(=O)(=O)c2ccc(F)c(Cl)c2)C1. The van der Waals surface area contributed by atoms with Crippen molar-refractivity contribution in [3.8, 4) is 0 Å². The van der Waals surface area contributed by atoms with Gasteiger partial charge in [-0.05, 0) is 56.0 Å². The molecule has 29 heavy (non-hydrogen) atoms. The van der Waals surface area contributed by atoms with E-state index in [-0.39, 0.29) is 22.4 Å². The summed E-state index contributed by atoms with van der Waals surface area (Å²) < 4.78 is 40.7. The van der Waals surface area contributed by atoms with Crippen molar-refractivity contribution in [1.82, 2.24) is 9.62 Å². The van der Waals surface area contributed by atoms with E-state index >= 15 is 0 Å². The van der Waals surface area contributed by atoms with Crippen LogP contribution in [0.4, 0.5) is 4.39 Å². The zero-order valence-corrected chi connectivity index (χ0v) is 18.0. The molecule has 0 saturated carbocycles. The van der Waals surface area contributed by atoms with Crippen LogP contribution < -0.4 is 5.32 Å². The monoisotopic (exact) mass is 438 g/mol. The van der Waals surface area contributed by atoms with Gasteiger partial charge in [0.2, 0.25) is 15.9 Å². The Morgan fingerprint density at radius 1 is 1.28 bits per heavy atom. The topological polar surface area (TPSA) is 66.5 Å². The molecule has 0 aromatic heterocycles. The lowest BCUT2D eigenvalue weighted by Gasteiger charge is -2.38. The number of nitrogens with one attached hydrogen (secondary N) is 1. The van der Waals surface area contributed by atoms with E-state index in [1.165, 1.54) is 10.4 Å². The Kier molecular flexibility index (Phi) is 6.31. The molecule has 0 spiro atoms. The van der Waals surface area contributed by atoms with Gasteiger partial charge in [0.1, 0.15) is 5.82 Å². The van der Waals surface area contributed by atoms with Gasteiger partial charge in [0.05, 0.1) is 15.3 Å². The standard InChI is InChI=1S/C21H24ClFN2O3S/c1-15-6-3-4-7-16(15)13-24-20(26)21(2)10-5-11-25(14-21)29(27,28)17-8-9-19(23)18(22)12-17/h3-4,6-9,12H,5,10-11,13-14H2,1-2H3,(H,24,26)/t21-/m0/s1. The average Bonchev–Trinajstić information content (AvgIpc) is 2.69. The molecule has 0 unspecified atom stereocenters. The summed E-state index contributed by atoms with van der Waals surface area (Å²) in [5, 5.41) is 2.70. The minimum Gasteiger partial charge on any atom is -0.352 e. The molecule has 156 valence electrons. The van der Waals surface area contributed by atoms with Crippen molar-refractivity contribution >= 4 is 27.5 Å². The van der Waals surface area contributed by atoms with E-state index in [1.807, 2.05) is 31.2 Å². The second-order valence-corrected chi connectivity index (χ2v) is 10.0. The fraction of sp³-hybridized carbons (Fsp3) is 0.381. The van der Waals surface area contributed by atoms with E-state index in [2.05, 4.69) is 5.32 Å². The first kappa shape index (κ1) is 21.7. The number of nitrogens with zero attached hydrogens (tertiary/aromatic N) is 1. The summed E-state index contributed by atoms with van der Waals surface area (Å²) in [6.45, 7) is 4.51. The van der Waals surface area contributed by atoms with Crippen LogP contribution in [0.25, 0.3) is 0 Å². The number of halogens is 2. The molecule has 1 amide bonds. The van der Waals surface area contributed by atoms with Crippen molar-refractivity contribution in [2.45, 2.75) is 38.1 Å². The average molecular weight is 439 g/mol. The molecule has 1 heterocycles. The molecule has 8 heteroatoms. The van der Waals surface area contributed by atoms with E-state index < -0.39 is 21.3 Å². The number of carbonyl (C=O) groups excluding carboxylic acids is 1. The quantitative estimate of drug-likeness (QED) is 0.770. The fourth-order valence-corrected chi connectivity index (χ4v) is 5.44. The van der Waals surface area contributed by atoms with Crippen molar-refractivity contribution in [1.29, 1.82) is 0 Å². The third kappa shape index (κ3) is 4.63. The predicted octanol–water partition coefficient (Wildman–Crippen LogP) is 3.89. The van der Waals surface area contributed by atoms with E-state index in [0.717, 1.165) is 23.3 Å². The zero-order valence-electron chi connectivity index (χ0n) is 16.4. The Morgan fingerprint density at radius 3 is 2.69 bits per heavy atom. The molecule has 5 nitrogen and oxygen atoms in total. The van der Waals surface area contributed by atoms with Gasteiger partial charge in [-0.25, -0.2) is 12.8 Å². The molecule has 0 aliphatic carbocycles. The molecule has 0 radical (unpaired) electrons. The smallest absolute Gasteiger partial charge is 0.243 e. The summed E-state index contributed by atoms with van der Waals surface area (Å²) in [6, 6.07) is 11.1. The lowest BCUT2D eigenvalue weighted by atomic mass is 9.82. The maximum Gasteiger partial charge on any atom is 0.243 e. The van der Waals surface area contributed by atoms with E-state index in [1.54, 1.807) is 6.92 Å². The van der Waals surface area contributed by atoms with Crippen LogP contribution in [-0.4, -0.2) is 31.7 Å². The Morgan fingerprint density at radius 2 is 2.00 bits per heavy atom. The zero-order chi connectivity index (χ0) is 21.2. The normalized spacial score (nSPS) is 20.4. The highest BCUT2D eigenvalue weighted by atomic mass is 35.5. The molecule has 1 aliphatic heterocycles. The number of benzene rings is 2. The summed E-state index contributed by atoms with van der Waals surface area (Å²) in [5.74, 6) is -0.859. The number of carbonyl (C=O) groups is 1. The Labute approximate surface area is 175 Å². The highest BCUT2D eigenvalue weighted by molar-refractivity contribution is 7.89. The maximum absolute atomic E-state index is 13.4. The van der Waals surface area contributed by atoms with Gasteiger partial charge in [-0.2, -0.15) is 4.31 Å². The van der Waals surface area contributed by atoms with E-state index in [9.17, 15) is 17.6 Å². The molecular weight excluding hydrogens is 415 g/mol. The maximum atomic E-state index is 13.4. The summed E-state index contributed by atoms with van der Waals surface area (Å²) in [7, 11) is -3.88. The third-order valence-corrected chi connectivity index (χ3v) is 7.57. The number of sulfonamides is 1. The number of hydrogen-bond donors (Lipinski definition) is 1.